The highest BCUT2D eigenvalue weighted by atomic mass is 32.2. The van der Waals surface area contributed by atoms with Crippen LogP contribution in [-0.4, -0.2) is 32.6 Å². The van der Waals surface area contributed by atoms with Crippen molar-refractivity contribution in [3.63, 3.8) is 0 Å². The molecule has 2 heterocycles. The van der Waals surface area contributed by atoms with Gasteiger partial charge in [0.1, 0.15) is 6.07 Å². The van der Waals surface area contributed by atoms with E-state index in [1.165, 1.54) is 16.4 Å². The van der Waals surface area contributed by atoms with Gasteiger partial charge in [-0.3, -0.25) is 0 Å². The Morgan fingerprint density at radius 2 is 1.92 bits per heavy atom. The van der Waals surface area contributed by atoms with Gasteiger partial charge in [-0.1, -0.05) is 18.2 Å². The van der Waals surface area contributed by atoms with Crippen molar-refractivity contribution in [1.82, 2.24) is 4.31 Å². The van der Waals surface area contributed by atoms with Crippen molar-refractivity contribution in [3.8, 4) is 17.6 Å². The Balaban J connectivity index is 1.59. The second kappa shape index (κ2) is 6.06. The summed E-state index contributed by atoms with van der Waals surface area (Å²) in [6, 6.07) is 14.0. The van der Waals surface area contributed by atoms with Gasteiger partial charge in [0.25, 0.3) is 0 Å². The predicted molar refractivity (Wildman–Crippen MR) is 89.8 cm³/mol. The van der Waals surface area contributed by atoms with E-state index in [-0.39, 0.29) is 23.2 Å². The molecule has 0 aliphatic carbocycles. The fourth-order valence-electron chi connectivity index (χ4n) is 3.31. The summed E-state index contributed by atoms with van der Waals surface area (Å²) in [7, 11) is -3.68. The van der Waals surface area contributed by atoms with Crippen molar-refractivity contribution < 1.29 is 17.9 Å². The molecule has 1 unspecified atom stereocenters. The largest absolute Gasteiger partial charge is 0.454 e. The summed E-state index contributed by atoms with van der Waals surface area (Å²) in [6.45, 7) is 1.04. The number of benzene rings is 2. The Bertz CT molecular complexity index is 965. The smallest absolute Gasteiger partial charge is 0.244 e. The van der Waals surface area contributed by atoms with Gasteiger partial charge in [-0.05, 0) is 42.2 Å². The molecule has 2 aromatic rings. The first-order chi connectivity index (χ1) is 12.1. The summed E-state index contributed by atoms with van der Waals surface area (Å²) in [5, 5.41) is 9.19. The van der Waals surface area contributed by atoms with Crippen LogP contribution < -0.4 is 9.47 Å². The molecule has 1 saturated heterocycles. The first-order valence-corrected chi connectivity index (χ1v) is 9.42. The highest BCUT2D eigenvalue weighted by Gasteiger charge is 2.34. The van der Waals surface area contributed by atoms with Gasteiger partial charge in [0.2, 0.25) is 16.8 Å². The minimum Gasteiger partial charge on any atom is -0.454 e. The van der Waals surface area contributed by atoms with Crippen molar-refractivity contribution in [2.24, 2.45) is 0 Å². The van der Waals surface area contributed by atoms with E-state index in [2.05, 4.69) is 0 Å². The molecule has 0 aromatic heterocycles. The van der Waals surface area contributed by atoms with E-state index in [1.54, 1.807) is 12.1 Å². The van der Waals surface area contributed by atoms with Gasteiger partial charge in [0, 0.05) is 13.1 Å². The van der Waals surface area contributed by atoms with Crippen molar-refractivity contribution >= 4 is 10.0 Å². The number of ether oxygens (including phenoxy) is 2. The lowest BCUT2D eigenvalue weighted by atomic mass is 9.98. The molecule has 1 fully saturated rings. The lowest BCUT2D eigenvalue weighted by molar-refractivity contribution is 0.174. The van der Waals surface area contributed by atoms with Crippen LogP contribution in [0.1, 0.15) is 23.5 Å². The zero-order valence-electron chi connectivity index (χ0n) is 13.4. The van der Waals surface area contributed by atoms with Crippen LogP contribution in [0, 0.1) is 11.3 Å². The first-order valence-electron chi connectivity index (χ1n) is 7.98. The van der Waals surface area contributed by atoms with E-state index in [9.17, 15) is 13.7 Å². The molecule has 2 aromatic carbocycles. The molecule has 6 nitrogen and oxygen atoms in total. The number of rotatable bonds is 3. The quantitative estimate of drug-likeness (QED) is 0.844. The Kier molecular flexibility index (Phi) is 3.86. The second-order valence-electron chi connectivity index (χ2n) is 6.07. The maximum Gasteiger partial charge on any atom is 0.244 e. The topological polar surface area (TPSA) is 79.6 Å². The predicted octanol–water partition coefficient (Wildman–Crippen LogP) is 2.47. The molecule has 2 aliphatic rings. The lowest BCUT2D eigenvalue weighted by Gasteiger charge is -2.17. The molecule has 1 atom stereocenters. The number of nitriles is 1. The molecule has 25 heavy (non-hydrogen) atoms. The van der Waals surface area contributed by atoms with E-state index in [4.69, 9.17) is 9.47 Å². The molecule has 0 bridgehead atoms. The fourth-order valence-corrected chi connectivity index (χ4v) is 4.95. The molecule has 0 radical (unpaired) electrons. The number of hydrogen-bond acceptors (Lipinski definition) is 5. The van der Waals surface area contributed by atoms with Gasteiger partial charge in [-0.15, -0.1) is 0 Å². The van der Waals surface area contributed by atoms with Gasteiger partial charge in [0.15, 0.2) is 11.5 Å². The average molecular weight is 356 g/mol. The SMILES string of the molecule is N#Cc1ccccc1S(=O)(=O)N1CCC(c2ccc3c(c2)OCO3)C1. The Hall–Kier alpha value is -2.56. The van der Waals surface area contributed by atoms with Crippen LogP contribution >= 0.6 is 0 Å². The molecule has 0 N–H and O–H groups in total. The third-order valence-electron chi connectivity index (χ3n) is 4.64. The van der Waals surface area contributed by atoms with Crippen LogP contribution in [0.4, 0.5) is 0 Å². The molecular weight excluding hydrogens is 340 g/mol. The maximum absolute atomic E-state index is 12.9. The summed E-state index contributed by atoms with van der Waals surface area (Å²) >= 11 is 0. The summed E-state index contributed by atoms with van der Waals surface area (Å²) in [6.07, 6.45) is 0.730. The van der Waals surface area contributed by atoms with E-state index >= 15 is 0 Å². The standard InChI is InChI=1S/C18H16N2O4S/c19-10-14-3-1-2-4-18(14)25(21,22)20-8-7-15(11-20)13-5-6-16-17(9-13)24-12-23-16/h1-6,9,15H,7-8,11-12H2. The van der Waals surface area contributed by atoms with Crippen molar-refractivity contribution in [2.75, 3.05) is 19.9 Å². The zero-order chi connectivity index (χ0) is 17.4. The second-order valence-corrected chi connectivity index (χ2v) is 7.98. The molecule has 0 amide bonds. The van der Waals surface area contributed by atoms with E-state index in [0.717, 1.165) is 12.0 Å². The Morgan fingerprint density at radius 3 is 2.76 bits per heavy atom. The molecule has 128 valence electrons. The van der Waals surface area contributed by atoms with Crippen LogP contribution in [0.3, 0.4) is 0 Å². The minimum atomic E-state index is -3.68. The summed E-state index contributed by atoms with van der Waals surface area (Å²) in [5.41, 5.74) is 1.21. The highest BCUT2D eigenvalue weighted by Crippen LogP contribution is 2.38. The van der Waals surface area contributed by atoms with Crippen LogP contribution in [0.5, 0.6) is 11.5 Å². The number of nitrogens with zero attached hydrogens (tertiary/aromatic N) is 2. The van der Waals surface area contributed by atoms with Crippen LogP contribution in [0.2, 0.25) is 0 Å². The molecule has 0 saturated carbocycles. The third-order valence-corrected chi connectivity index (χ3v) is 6.57. The average Bonchev–Trinajstić information content (AvgIpc) is 3.30. The molecule has 0 spiro atoms. The molecular formula is C18H16N2O4S. The van der Waals surface area contributed by atoms with Crippen LogP contribution in [0.15, 0.2) is 47.4 Å². The number of hydrogen-bond donors (Lipinski definition) is 0. The van der Waals surface area contributed by atoms with Gasteiger partial charge >= 0.3 is 0 Å². The number of sulfonamides is 1. The monoisotopic (exact) mass is 356 g/mol. The van der Waals surface area contributed by atoms with Crippen LogP contribution in [-0.2, 0) is 10.0 Å². The van der Waals surface area contributed by atoms with E-state index in [1.807, 2.05) is 24.3 Å². The minimum absolute atomic E-state index is 0.0730. The highest BCUT2D eigenvalue weighted by molar-refractivity contribution is 7.89. The summed E-state index contributed by atoms with van der Waals surface area (Å²) in [4.78, 5) is 0.0730. The number of fused-ring (bicyclic) bond motifs is 1. The van der Waals surface area contributed by atoms with Crippen molar-refractivity contribution in [1.29, 1.82) is 5.26 Å². The van der Waals surface area contributed by atoms with E-state index in [0.29, 0.717) is 24.6 Å². The van der Waals surface area contributed by atoms with Crippen LogP contribution in [0.25, 0.3) is 0 Å². The zero-order valence-corrected chi connectivity index (χ0v) is 14.2. The third kappa shape index (κ3) is 2.73. The molecule has 2 aliphatic heterocycles. The Morgan fingerprint density at radius 1 is 1.12 bits per heavy atom. The van der Waals surface area contributed by atoms with Crippen molar-refractivity contribution in [2.45, 2.75) is 17.2 Å². The van der Waals surface area contributed by atoms with Crippen molar-refractivity contribution in [3.05, 3.63) is 53.6 Å². The summed E-state index contributed by atoms with van der Waals surface area (Å²) < 4.78 is 38.0. The molecule has 4 rings (SSSR count). The maximum atomic E-state index is 12.9. The molecule has 7 heteroatoms. The normalized spacial score (nSPS) is 19.7. The summed E-state index contributed by atoms with van der Waals surface area (Å²) in [5.74, 6) is 1.52. The van der Waals surface area contributed by atoms with Gasteiger partial charge in [0.05, 0.1) is 10.5 Å². The van der Waals surface area contributed by atoms with Gasteiger partial charge < -0.3 is 9.47 Å². The lowest BCUT2D eigenvalue weighted by Crippen LogP contribution is -2.29. The Labute approximate surface area is 146 Å². The van der Waals surface area contributed by atoms with Gasteiger partial charge in [-0.25, -0.2) is 8.42 Å². The first kappa shape index (κ1) is 15.9. The van der Waals surface area contributed by atoms with Gasteiger partial charge in [-0.2, -0.15) is 9.57 Å². The fraction of sp³-hybridized carbons (Fsp3) is 0.278. The van der Waals surface area contributed by atoms with E-state index < -0.39 is 10.0 Å².